The fourth-order valence-electron chi connectivity index (χ4n) is 1.77. The predicted octanol–water partition coefficient (Wildman–Crippen LogP) is 3.40. The van der Waals surface area contributed by atoms with Crippen molar-refractivity contribution in [1.29, 1.82) is 0 Å². The van der Waals surface area contributed by atoms with Gasteiger partial charge in [0, 0.05) is 13.1 Å². The van der Waals surface area contributed by atoms with Crippen LogP contribution in [0.15, 0.2) is 0 Å². The van der Waals surface area contributed by atoms with Crippen LogP contribution in [0.4, 0.5) is 0 Å². The number of rotatable bonds is 10. The third-order valence-corrected chi connectivity index (χ3v) is 2.88. The Morgan fingerprint density at radius 3 is 1.93 bits per heavy atom. The number of hydrogen-bond acceptors (Lipinski definition) is 2. The highest BCUT2D eigenvalue weighted by molar-refractivity contribution is 4.58. The van der Waals surface area contributed by atoms with Crippen molar-refractivity contribution in [2.45, 2.75) is 71.9 Å². The second kappa shape index (κ2) is 10.4. The van der Waals surface area contributed by atoms with E-state index in [0.29, 0.717) is 0 Å². The van der Waals surface area contributed by atoms with Crippen molar-refractivity contribution >= 4 is 0 Å². The molecule has 1 unspecified atom stereocenters. The highest BCUT2D eigenvalue weighted by Crippen LogP contribution is 2.06. The molecule has 1 N–H and O–H groups in total. The van der Waals surface area contributed by atoms with Gasteiger partial charge in [0.25, 0.3) is 0 Å². The molecular formula is C13H29NO. The van der Waals surface area contributed by atoms with Gasteiger partial charge in [-0.05, 0) is 19.8 Å². The molecule has 92 valence electrons. The molecule has 0 bridgehead atoms. The molecule has 0 aliphatic carbocycles. The van der Waals surface area contributed by atoms with Gasteiger partial charge in [-0.2, -0.15) is 0 Å². The third kappa shape index (κ3) is 8.88. The lowest BCUT2D eigenvalue weighted by molar-refractivity contribution is 0.0166. The summed E-state index contributed by atoms with van der Waals surface area (Å²) in [5.74, 6) is 0. The Morgan fingerprint density at radius 2 is 1.40 bits per heavy atom. The van der Waals surface area contributed by atoms with Gasteiger partial charge in [-0.3, -0.25) is 4.90 Å². The Hall–Kier alpha value is -0.0800. The first-order valence-electron chi connectivity index (χ1n) is 6.64. The molecule has 1 atom stereocenters. The maximum Gasteiger partial charge on any atom is 0.104 e. The molecule has 0 aliphatic heterocycles. The van der Waals surface area contributed by atoms with Crippen molar-refractivity contribution in [2.75, 3.05) is 13.1 Å². The van der Waals surface area contributed by atoms with Gasteiger partial charge in [0.05, 0.1) is 0 Å². The molecule has 0 radical (unpaired) electrons. The zero-order valence-corrected chi connectivity index (χ0v) is 10.8. The molecule has 0 heterocycles. The van der Waals surface area contributed by atoms with E-state index in [1.165, 1.54) is 44.9 Å². The normalized spacial score (nSPS) is 13.4. The molecule has 0 spiro atoms. The van der Waals surface area contributed by atoms with Gasteiger partial charge in [-0.1, -0.05) is 46.0 Å². The van der Waals surface area contributed by atoms with Gasteiger partial charge in [0.1, 0.15) is 6.23 Å². The number of hydrogen-bond donors (Lipinski definition) is 1. The van der Waals surface area contributed by atoms with E-state index in [-0.39, 0.29) is 6.23 Å². The molecule has 0 aromatic rings. The standard InChI is InChI=1S/C13H29NO/c1-4-6-8-9-10-12-14(13(3)15)11-7-5-2/h13,15H,4-12H2,1-3H3. The SMILES string of the molecule is CCCCCCCN(CCCC)C(C)O. The van der Waals surface area contributed by atoms with Crippen LogP contribution in [0.2, 0.25) is 0 Å². The first-order chi connectivity index (χ1) is 7.22. The van der Waals surface area contributed by atoms with Gasteiger partial charge in [0.15, 0.2) is 0 Å². The molecule has 2 nitrogen and oxygen atoms in total. The number of aliphatic hydroxyl groups excluding tert-OH is 1. The number of aliphatic hydroxyl groups is 1. The monoisotopic (exact) mass is 215 g/mol. The highest BCUT2D eigenvalue weighted by Gasteiger charge is 2.08. The minimum atomic E-state index is -0.275. The number of unbranched alkanes of at least 4 members (excludes halogenated alkanes) is 5. The van der Waals surface area contributed by atoms with E-state index >= 15 is 0 Å². The van der Waals surface area contributed by atoms with E-state index in [9.17, 15) is 5.11 Å². The van der Waals surface area contributed by atoms with Gasteiger partial charge < -0.3 is 5.11 Å². The van der Waals surface area contributed by atoms with E-state index in [4.69, 9.17) is 0 Å². The van der Waals surface area contributed by atoms with E-state index in [1.807, 2.05) is 6.92 Å². The van der Waals surface area contributed by atoms with Crippen LogP contribution < -0.4 is 0 Å². The van der Waals surface area contributed by atoms with Crippen LogP contribution in [-0.2, 0) is 0 Å². The number of nitrogens with zero attached hydrogens (tertiary/aromatic N) is 1. The maximum atomic E-state index is 9.57. The zero-order valence-electron chi connectivity index (χ0n) is 10.8. The summed E-state index contributed by atoms with van der Waals surface area (Å²) >= 11 is 0. The first-order valence-corrected chi connectivity index (χ1v) is 6.64. The average Bonchev–Trinajstić information content (AvgIpc) is 2.21. The third-order valence-electron chi connectivity index (χ3n) is 2.88. The highest BCUT2D eigenvalue weighted by atomic mass is 16.3. The Kier molecular flexibility index (Phi) is 10.4. The summed E-state index contributed by atoms with van der Waals surface area (Å²) < 4.78 is 0. The summed E-state index contributed by atoms with van der Waals surface area (Å²) in [4.78, 5) is 2.19. The quantitative estimate of drug-likeness (QED) is 0.446. The summed E-state index contributed by atoms with van der Waals surface area (Å²) in [5, 5.41) is 9.57. The summed E-state index contributed by atoms with van der Waals surface area (Å²) in [7, 11) is 0. The van der Waals surface area contributed by atoms with Crippen molar-refractivity contribution in [1.82, 2.24) is 4.90 Å². The van der Waals surface area contributed by atoms with Crippen LogP contribution in [0, 0.1) is 0 Å². The summed E-state index contributed by atoms with van der Waals surface area (Å²) in [5.41, 5.74) is 0. The van der Waals surface area contributed by atoms with Crippen molar-refractivity contribution in [3.63, 3.8) is 0 Å². The van der Waals surface area contributed by atoms with Gasteiger partial charge in [-0.15, -0.1) is 0 Å². The van der Waals surface area contributed by atoms with E-state index in [2.05, 4.69) is 18.7 Å². The van der Waals surface area contributed by atoms with E-state index < -0.39 is 0 Å². The Balaban J connectivity index is 3.48. The summed E-state index contributed by atoms with van der Waals surface area (Å²) in [6.45, 7) is 8.41. The van der Waals surface area contributed by atoms with E-state index in [1.54, 1.807) is 0 Å². The van der Waals surface area contributed by atoms with Crippen molar-refractivity contribution in [2.24, 2.45) is 0 Å². The molecule has 0 aromatic carbocycles. The molecule has 0 saturated carbocycles. The lowest BCUT2D eigenvalue weighted by Gasteiger charge is -2.25. The lowest BCUT2D eigenvalue weighted by atomic mass is 10.1. The van der Waals surface area contributed by atoms with Crippen LogP contribution in [-0.4, -0.2) is 29.3 Å². The first kappa shape index (κ1) is 14.9. The molecule has 0 rings (SSSR count). The molecular weight excluding hydrogens is 186 g/mol. The van der Waals surface area contributed by atoms with Gasteiger partial charge >= 0.3 is 0 Å². The van der Waals surface area contributed by atoms with E-state index in [0.717, 1.165) is 13.1 Å². The lowest BCUT2D eigenvalue weighted by Crippen LogP contribution is -2.34. The molecule has 0 amide bonds. The fourth-order valence-corrected chi connectivity index (χ4v) is 1.77. The Bertz CT molecular complexity index is 126. The molecule has 0 aromatic heterocycles. The zero-order chi connectivity index (χ0) is 11.5. The van der Waals surface area contributed by atoms with Crippen LogP contribution in [0.5, 0.6) is 0 Å². The van der Waals surface area contributed by atoms with Gasteiger partial charge in [-0.25, -0.2) is 0 Å². The average molecular weight is 215 g/mol. The largest absolute Gasteiger partial charge is 0.379 e. The molecule has 0 fully saturated rings. The van der Waals surface area contributed by atoms with Crippen molar-refractivity contribution in [3.05, 3.63) is 0 Å². The summed E-state index contributed by atoms with van der Waals surface area (Å²) in [6.07, 6.45) is 8.66. The fraction of sp³-hybridized carbons (Fsp3) is 1.00. The Morgan fingerprint density at radius 1 is 0.867 bits per heavy atom. The van der Waals surface area contributed by atoms with Crippen LogP contribution >= 0.6 is 0 Å². The van der Waals surface area contributed by atoms with Crippen LogP contribution in [0.25, 0.3) is 0 Å². The summed E-state index contributed by atoms with van der Waals surface area (Å²) in [6, 6.07) is 0. The van der Waals surface area contributed by atoms with Crippen molar-refractivity contribution < 1.29 is 5.11 Å². The molecule has 2 heteroatoms. The minimum Gasteiger partial charge on any atom is -0.379 e. The minimum absolute atomic E-state index is 0.275. The van der Waals surface area contributed by atoms with Crippen LogP contribution in [0.1, 0.15) is 65.7 Å². The smallest absolute Gasteiger partial charge is 0.104 e. The topological polar surface area (TPSA) is 23.5 Å². The van der Waals surface area contributed by atoms with Crippen molar-refractivity contribution in [3.8, 4) is 0 Å². The Labute approximate surface area is 95.7 Å². The second-order valence-electron chi connectivity index (χ2n) is 4.44. The predicted molar refractivity (Wildman–Crippen MR) is 66.9 cm³/mol. The molecule has 15 heavy (non-hydrogen) atoms. The molecule has 0 aliphatic rings. The van der Waals surface area contributed by atoms with Gasteiger partial charge in [0.2, 0.25) is 0 Å². The molecule has 0 saturated heterocycles. The maximum absolute atomic E-state index is 9.57. The second-order valence-corrected chi connectivity index (χ2v) is 4.44. The van der Waals surface area contributed by atoms with Crippen LogP contribution in [0.3, 0.4) is 0 Å².